The highest BCUT2D eigenvalue weighted by molar-refractivity contribution is 6.06. The Morgan fingerprint density at radius 1 is 1.03 bits per heavy atom. The minimum absolute atomic E-state index is 0.180. The molecule has 3 N–H and O–H groups in total. The summed E-state index contributed by atoms with van der Waals surface area (Å²) in [6.45, 7) is 0.183. The van der Waals surface area contributed by atoms with E-state index in [0.29, 0.717) is 42.5 Å². The minimum Gasteiger partial charge on any atom is -0.481 e. The largest absolute Gasteiger partial charge is 0.481 e. The number of piperidine rings is 1. The number of hydrogen-bond acceptors (Lipinski definition) is 5. The molecule has 2 fully saturated rings. The van der Waals surface area contributed by atoms with Crippen molar-refractivity contribution in [2.24, 2.45) is 11.8 Å². The fourth-order valence-corrected chi connectivity index (χ4v) is 4.54. The maximum atomic E-state index is 12.9. The number of nitrogens with zero attached hydrogens (tertiary/aromatic N) is 1. The molecular weight excluding hydrogens is 390 g/mol. The zero-order valence-corrected chi connectivity index (χ0v) is 16.3. The van der Waals surface area contributed by atoms with Gasteiger partial charge in [-0.2, -0.15) is 0 Å². The molecule has 9 nitrogen and oxygen atoms in total. The Labute approximate surface area is 172 Å². The van der Waals surface area contributed by atoms with Crippen LogP contribution in [0.5, 0.6) is 0 Å². The lowest BCUT2D eigenvalue weighted by Crippen LogP contribution is -2.52. The Bertz CT molecular complexity index is 935. The van der Waals surface area contributed by atoms with E-state index < -0.39 is 23.8 Å². The molecule has 1 saturated carbocycles. The van der Waals surface area contributed by atoms with E-state index in [1.165, 1.54) is 4.90 Å². The predicted octanol–water partition coefficient (Wildman–Crippen LogP) is 1.28. The Balaban J connectivity index is 1.46. The fourth-order valence-electron chi connectivity index (χ4n) is 4.54. The number of benzene rings is 1. The lowest BCUT2D eigenvalue weighted by molar-refractivity contribution is -0.144. The number of aliphatic carboxylic acids is 1. The maximum Gasteiger partial charge on any atom is 0.306 e. The average molecular weight is 413 g/mol. The molecule has 4 amide bonds. The van der Waals surface area contributed by atoms with Crippen LogP contribution in [0.25, 0.3) is 0 Å². The number of carboxylic acids is 1. The Hall–Kier alpha value is -3.23. The quantitative estimate of drug-likeness (QED) is 0.637. The highest BCUT2D eigenvalue weighted by Gasteiger charge is 2.40. The van der Waals surface area contributed by atoms with E-state index in [1.54, 1.807) is 18.2 Å². The predicted molar refractivity (Wildman–Crippen MR) is 104 cm³/mol. The summed E-state index contributed by atoms with van der Waals surface area (Å²) in [5, 5.41) is 14.3. The van der Waals surface area contributed by atoms with E-state index in [-0.39, 0.29) is 43.0 Å². The van der Waals surface area contributed by atoms with E-state index in [2.05, 4.69) is 10.6 Å². The molecule has 9 heteroatoms. The highest BCUT2D eigenvalue weighted by atomic mass is 16.4. The van der Waals surface area contributed by atoms with Crippen molar-refractivity contribution in [2.75, 3.05) is 5.32 Å². The van der Waals surface area contributed by atoms with Crippen molar-refractivity contribution in [1.29, 1.82) is 0 Å². The second-order valence-electron chi connectivity index (χ2n) is 8.11. The van der Waals surface area contributed by atoms with E-state index in [9.17, 15) is 24.0 Å². The van der Waals surface area contributed by atoms with Gasteiger partial charge in [0.15, 0.2) is 0 Å². The molecule has 0 spiro atoms. The number of imide groups is 1. The van der Waals surface area contributed by atoms with Crippen molar-refractivity contribution < 1.29 is 29.1 Å². The third-order valence-electron chi connectivity index (χ3n) is 6.29. The van der Waals surface area contributed by atoms with Gasteiger partial charge in [-0.05, 0) is 44.2 Å². The zero-order chi connectivity index (χ0) is 21.4. The summed E-state index contributed by atoms with van der Waals surface area (Å²) in [4.78, 5) is 61.7. The number of nitrogens with one attached hydrogen (secondary N) is 2. The van der Waals surface area contributed by atoms with E-state index in [0.717, 1.165) is 0 Å². The molecule has 1 aromatic carbocycles. The Morgan fingerprint density at radius 3 is 2.40 bits per heavy atom. The summed E-state index contributed by atoms with van der Waals surface area (Å²) in [6.07, 6.45) is 2.43. The van der Waals surface area contributed by atoms with Crippen molar-refractivity contribution in [3.8, 4) is 0 Å². The van der Waals surface area contributed by atoms with Gasteiger partial charge in [0.2, 0.25) is 17.7 Å². The topological polar surface area (TPSA) is 133 Å². The van der Waals surface area contributed by atoms with Gasteiger partial charge in [0.05, 0.1) is 5.92 Å². The highest BCUT2D eigenvalue weighted by Crippen LogP contribution is 2.34. The Kier molecular flexibility index (Phi) is 5.27. The summed E-state index contributed by atoms with van der Waals surface area (Å²) < 4.78 is 0. The molecule has 1 unspecified atom stereocenters. The number of fused-ring (bicyclic) bond motifs is 1. The molecule has 1 saturated heterocycles. The second kappa shape index (κ2) is 7.89. The number of carboxylic acid groups (broad SMARTS) is 1. The van der Waals surface area contributed by atoms with Crippen LogP contribution in [0.15, 0.2) is 18.2 Å². The van der Waals surface area contributed by atoms with Gasteiger partial charge in [-0.15, -0.1) is 0 Å². The molecule has 2 aliphatic heterocycles. The van der Waals surface area contributed by atoms with Gasteiger partial charge in [0.25, 0.3) is 5.91 Å². The summed E-state index contributed by atoms with van der Waals surface area (Å²) >= 11 is 0. The second-order valence-corrected chi connectivity index (χ2v) is 8.11. The molecule has 0 radical (unpaired) electrons. The van der Waals surface area contributed by atoms with Gasteiger partial charge < -0.3 is 15.3 Å². The van der Waals surface area contributed by atoms with Gasteiger partial charge in [-0.25, -0.2) is 0 Å². The molecular formula is C21H23N3O6. The average Bonchev–Trinajstić information content (AvgIpc) is 3.05. The first-order chi connectivity index (χ1) is 14.3. The normalized spacial score (nSPS) is 26.2. The zero-order valence-electron chi connectivity index (χ0n) is 16.3. The third kappa shape index (κ3) is 3.67. The van der Waals surface area contributed by atoms with Crippen LogP contribution in [0.2, 0.25) is 0 Å². The third-order valence-corrected chi connectivity index (χ3v) is 6.29. The fraction of sp³-hybridized carbons (Fsp3) is 0.476. The van der Waals surface area contributed by atoms with Gasteiger partial charge in [-0.1, -0.05) is 6.07 Å². The van der Waals surface area contributed by atoms with Crippen molar-refractivity contribution in [3.63, 3.8) is 0 Å². The summed E-state index contributed by atoms with van der Waals surface area (Å²) in [6, 6.07) is 4.36. The van der Waals surface area contributed by atoms with Crippen LogP contribution in [-0.4, -0.2) is 45.6 Å². The molecule has 0 aromatic heterocycles. The number of hydrogen-bond donors (Lipinski definition) is 3. The number of amides is 4. The number of anilines is 1. The summed E-state index contributed by atoms with van der Waals surface area (Å²) in [7, 11) is 0. The SMILES string of the molecule is O=C1CCC(N2Cc3c(NC(=O)[C@H]4CC[C@H](C(=O)O)CC4)cccc3C2=O)C(=O)N1. The first-order valence-corrected chi connectivity index (χ1v) is 10.2. The number of carbonyl (C=O) groups excluding carboxylic acids is 4. The molecule has 2 heterocycles. The van der Waals surface area contributed by atoms with Crippen LogP contribution in [0.1, 0.15) is 54.4 Å². The van der Waals surface area contributed by atoms with E-state index >= 15 is 0 Å². The maximum absolute atomic E-state index is 12.9. The van der Waals surface area contributed by atoms with Crippen LogP contribution >= 0.6 is 0 Å². The van der Waals surface area contributed by atoms with Gasteiger partial charge in [0.1, 0.15) is 6.04 Å². The molecule has 158 valence electrons. The minimum atomic E-state index is -0.818. The van der Waals surface area contributed by atoms with Crippen molar-refractivity contribution in [1.82, 2.24) is 10.2 Å². The molecule has 30 heavy (non-hydrogen) atoms. The van der Waals surface area contributed by atoms with Crippen molar-refractivity contribution >= 4 is 35.3 Å². The summed E-state index contributed by atoms with van der Waals surface area (Å²) in [5.41, 5.74) is 1.62. The van der Waals surface area contributed by atoms with E-state index in [4.69, 9.17) is 5.11 Å². The molecule has 3 aliphatic rings. The van der Waals surface area contributed by atoms with E-state index in [1.807, 2.05) is 0 Å². The molecule has 1 aromatic rings. The lowest BCUT2D eigenvalue weighted by Gasteiger charge is -2.29. The molecule has 1 aliphatic carbocycles. The van der Waals surface area contributed by atoms with Crippen LogP contribution in [0.4, 0.5) is 5.69 Å². The smallest absolute Gasteiger partial charge is 0.306 e. The number of rotatable bonds is 4. The van der Waals surface area contributed by atoms with Crippen LogP contribution in [0, 0.1) is 11.8 Å². The summed E-state index contributed by atoms with van der Waals surface area (Å²) in [5.74, 6) is -2.77. The first kappa shape index (κ1) is 20.1. The van der Waals surface area contributed by atoms with Crippen molar-refractivity contribution in [3.05, 3.63) is 29.3 Å². The lowest BCUT2D eigenvalue weighted by atomic mass is 9.81. The molecule has 0 bridgehead atoms. The van der Waals surface area contributed by atoms with Crippen LogP contribution in [-0.2, 0) is 25.7 Å². The molecule has 1 atom stereocenters. The monoisotopic (exact) mass is 413 g/mol. The standard InChI is InChI=1S/C21H23N3O6/c25-17-9-8-16(19(27)23-17)24-10-14-13(20(24)28)2-1-3-15(14)22-18(26)11-4-6-12(7-5-11)21(29)30/h1-3,11-12,16H,4-10H2,(H,22,26)(H,29,30)(H,23,25,27)/t11-,12-,16?. The van der Waals surface area contributed by atoms with Crippen LogP contribution in [0.3, 0.4) is 0 Å². The van der Waals surface area contributed by atoms with Crippen molar-refractivity contribution in [2.45, 2.75) is 51.1 Å². The van der Waals surface area contributed by atoms with Gasteiger partial charge in [0, 0.05) is 35.7 Å². The van der Waals surface area contributed by atoms with Gasteiger partial charge >= 0.3 is 5.97 Å². The first-order valence-electron chi connectivity index (χ1n) is 10.2. The van der Waals surface area contributed by atoms with Crippen LogP contribution < -0.4 is 10.6 Å². The van der Waals surface area contributed by atoms with Gasteiger partial charge in [-0.3, -0.25) is 29.3 Å². The molecule has 4 rings (SSSR count). The number of carbonyl (C=O) groups is 5. The Morgan fingerprint density at radius 2 is 1.73 bits per heavy atom.